The molecule has 6 nitrogen and oxygen atoms in total. The van der Waals surface area contributed by atoms with E-state index < -0.39 is 36.1 Å². The molecule has 3 rings (SSSR count). The summed E-state index contributed by atoms with van der Waals surface area (Å²) in [6, 6.07) is 16.6. The third-order valence-electron chi connectivity index (χ3n) is 4.50. The fourth-order valence-corrected chi connectivity index (χ4v) is 3.04. The van der Waals surface area contributed by atoms with Crippen molar-refractivity contribution in [2.45, 2.75) is 31.1 Å². The second kappa shape index (κ2) is 8.50. The maximum atomic E-state index is 15.2. The van der Waals surface area contributed by atoms with E-state index in [9.17, 15) is 9.59 Å². The van der Waals surface area contributed by atoms with Gasteiger partial charge in [-0.1, -0.05) is 36.4 Å². The molecule has 0 saturated carbocycles. The summed E-state index contributed by atoms with van der Waals surface area (Å²) in [6.07, 6.45) is -3.59. The molecular formula is C21H21FO6. The average Bonchev–Trinajstić information content (AvgIpc) is 2.96. The number of esters is 2. The van der Waals surface area contributed by atoms with Gasteiger partial charge < -0.3 is 18.9 Å². The van der Waals surface area contributed by atoms with Gasteiger partial charge in [-0.3, -0.25) is 0 Å². The molecule has 0 N–H and O–H groups in total. The summed E-state index contributed by atoms with van der Waals surface area (Å²) in [7, 11) is 1.29. The van der Waals surface area contributed by atoms with Crippen molar-refractivity contribution in [2.75, 3.05) is 13.7 Å². The molecule has 1 fully saturated rings. The Labute approximate surface area is 162 Å². The first-order chi connectivity index (χ1) is 13.4. The Bertz CT molecular complexity index is 808. The van der Waals surface area contributed by atoms with Crippen molar-refractivity contribution in [2.24, 2.45) is 0 Å². The van der Waals surface area contributed by atoms with Crippen LogP contribution in [0.3, 0.4) is 0 Å². The number of methoxy groups -OCH3 is 1. The second-order valence-corrected chi connectivity index (χ2v) is 6.55. The lowest BCUT2D eigenvalue weighted by Gasteiger charge is -2.26. The summed E-state index contributed by atoms with van der Waals surface area (Å²) < 4.78 is 36.4. The largest absolute Gasteiger partial charge is 0.459 e. The Morgan fingerprint density at radius 1 is 1.00 bits per heavy atom. The quantitative estimate of drug-likeness (QED) is 0.708. The normalized spacial score (nSPS) is 26.6. The minimum atomic E-state index is -2.12. The zero-order chi connectivity index (χ0) is 20.1. The van der Waals surface area contributed by atoms with Gasteiger partial charge in [0.05, 0.1) is 11.1 Å². The highest BCUT2D eigenvalue weighted by atomic mass is 19.1. The fourth-order valence-electron chi connectivity index (χ4n) is 3.04. The molecule has 2 aromatic carbocycles. The van der Waals surface area contributed by atoms with Gasteiger partial charge in [-0.15, -0.1) is 0 Å². The first kappa shape index (κ1) is 20.0. The van der Waals surface area contributed by atoms with Crippen molar-refractivity contribution in [3.05, 3.63) is 71.8 Å². The molecule has 0 spiro atoms. The molecule has 1 saturated heterocycles. The Morgan fingerprint density at radius 2 is 1.54 bits per heavy atom. The van der Waals surface area contributed by atoms with Crippen molar-refractivity contribution in [3.8, 4) is 0 Å². The van der Waals surface area contributed by atoms with Crippen LogP contribution >= 0.6 is 0 Å². The zero-order valence-corrected chi connectivity index (χ0v) is 15.5. The van der Waals surface area contributed by atoms with E-state index in [0.717, 1.165) is 0 Å². The third kappa shape index (κ3) is 4.21. The van der Waals surface area contributed by atoms with Crippen LogP contribution in [0.4, 0.5) is 4.39 Å². The smallest absolute Gasteiger partial charge is 0.338 e. The summed E-state index contributed by atoms with van der Waals surface area (Å²) in [5, 5.41) is 0. The van der Waals surface area contributed by atoms with E-state index in [1.807, 2.05) is 0 Å². The maximum absolute atomic E-state index is 15.2. The van der Waals surface area contributed by atoms with E-state index in [1.165, 1.54) is 14.0 Å². The van der Waals surface area contributed by atoms with Gasteiger partial charge in [0, 0.05) is 7.11 Å². The molecule has 1 unspecified atom stereocenters. The standard InChI is InChI=1S/C21H21FO6/c1-21(22)17(28-19(24)15-11-7-4-8-12-15)16(27-20(21)25-2)13-26-18(23)14-9-5-3-6-10-14/h3-12,16-17,20H,13H2,1-2H3/t16-,17-,20?,21-/m1/s1. The van der Waals surface area contributed by atoms with Gasteiger partial charge >= 0.3 is 11.9 Å². The van der Waals surface area contributed by atoms with Gasteiger partial charge in [0.1, 0.15) is 12.7 Å². The van der Waals surface area contributed by atoms with Gasteiger partial charge in [0.15, 0.2) is 18.1 Å². The highest BCUT2D eigenvalue weighted by Crippen LogP contribution is 2.37. The molecule has 0 bridgehead atoms. The summed E-state index contributed by atoms with van der Waals surface area (Å²) in [5.41, 5.74) is -1.49. The molecule has 2 aromatic rings. The topological polar surface area (TPSA) is 71.1 Å². The van der Waals surface area contributed by atoms with Gasteiger partial charge in [0.2, 0.25) is 0 Å². The molecule has 0 aliphatic carbocycles. The number of hydrogen-bond donors (Lipinski definition) is 0. The predicted molar refractivity (Wildman–Crippen MR) is 97.6 cm³/mol. The molecular weight excluding hydrogens is 367 g/mol. The molecule has 148 valence electrons. The van der Waals surface area contributed by atoms with Crippen molar-refractivity contribution in [3.63, 3.8) is 0 Å². The van der Waals surface area contributed by atoms with E-state index >= 15 is 4.39 Å². The van der Waals surface area contributed by atoms with Crippen molar-refractivity contribution in [1.82, 2.24) is 0 Å². The molecule has 1 heterocycles. The summed E-state index contributed by atoms with van der Waals surface area (Å²) >= 11 is 0. The van der Waals surface area contributed by atoms with Gasteiger partial charge in [0.25, 0.3) is 0 Å². The van der Waals surface area contributed by atoms with Crippen molar-refractivity contribution in [1.29, 1.82) is 0 Å². The number of alkyl halides is 1. The van der Waals surface area contributed by atoms with Gasteiger partial charge in [-0.05, 0) is 31.2 Å². The number of ether oxygens (including phenoxy) is 4. The van der Waals surface area contributed by atoms with Crippen LogP contribution < -0.4 is 0 Å². The van der Waals surface area contributed by atoms with Crippen LogP contribution in [0.1, 0.15) is 27.6 Å². The number of halogens is 1. The summed E-state index contributed by atoms with van der Waals surface area (Å²) in [5.74, 6) is -1.28. The van der Waals surface area contributed by atoms with Crippen LogP contribution in [0.15, 0.2) is 60.7 Å². The fraction of sp³-hybridized carbons (Fsp3) is 0.333. The highest BCUT2D eigenvalue weighted by molar-refractivity contribution is 5.90. The Morgan fingerprint density at radius 3 is 2.07 bits per heavy atom. The van der Waals surface area contributed by atoms with Crippen LogP contribution in [0.25, 0.3) is 0 Å². The van der Waals surface area contributed by atoms with E-state index in [0.29, 0.717) is 5.56 Å². The zero-order valence-electron chi connectivity index (χ0n) is 15.5. The van der Waals surface area contributed by atoms with Crippen molar-refractivity contribution < 1.29 is 32.9 Å². The van der Waals surface area contributed by atoms with Crippen LogP contribution in [0.2, 0.25) is 0 Å². The second-order valence-electron chi connectivity index (χ2n) is 6.55. The Balaban J connectivity index is 1.72. The average molecular weight is 388 g/mol. The Hall–Kier alpha value is -2.77. The molecule has 4 atom stereocenters. The first-order valence-corrected chi connectivity index (χ1v) is 8.79. The maximum Gasteiger partial charge on any atom is 0.338 e. The Kier molecular flexibility index (Phi) is 6.06. The first-order valence-electron chi connectivity index (χ1n) is 8.79. The minimum absolute atomic E-state index is 0.277. The van der Waals surface area contributed by atoms with Crippen LogP contribution in [0, 0.1) is 0 Å². The molecule has 0 radical (unpaired) electrons. The van der Waals surface area contributed by atoms with Crippen molar-refractivity contribution >= 4 is 11.9 Å². The molecule has 28 heavy (non-hydrogen) atoms. The lowest BCUT2D eigenvalue weighted by atomic mass is 9.99. The predicted octanol–water partition coefficient (Wildman–Crippen LogP) is 3.17. The van der Waals surface area contributed by atoms with E-state index in [4.69, 9.17) is 18.9 Å². The molecule has 0 aromatic heterocycles. The van der Waals surface area contributed by atoms with E-state index in [-0.39, 0.29) is 12.2 Å². The number of benzene rings is 2. The number of carbonyl (C=O) groups is 2. The van der Waals surface area contributed by atoms with Crippen LogP contribution in [-0.4, -0.2) is 49.8 Å². The number of rotatable bonds is 6. The minimum Gasteiger partial charge on any atom is -0.459 e. The molecule has 7 heteroatoms. The van der Waals surface area contributed by atoms with E-state index in [1.54, 1.807) is 60.7 Å². The summed E-state index contributed by atoms with van der Waals surface area (Å²) in [4.78, 5) is 24.5. The van der Waals surface area contributed by atoms with Gasteiger partial charge in [-0.25, -0.2) is 14.0 Å². The SMILES string of the molecule is COC1O[C@H](COC(=O)c2ccccc2)[C@@H](OC(=O)c2ccccc2)[C@@]1(C)F. The number of carbonyl (C=O) groups excluding carboxylic acids is 2. The molecule has 0 amide bonds. The van der Waals surface area contributed by atoms with Crippen LogP contribution in [0.5, 0.6) is 0 Å². The van der Waals surface area contributed by atoms with Gasteiger partial charge in [-0.2, -0.15) is 0 Å². The lowest BCUT2D eigenvalue weighted by Crippen LogP contribution is -2.45. The lowest BCUT2D eigenvalue weighted by molar-refractivity contribution is -0.164. The third-order valence-corrected chi connectivity index (χ3v) is 4.50. The van der Waals surface area contributed by atoms with E-state index in [2.05, 4.69) is 0 Å². The molecule has 1 aliphatic heterocycles. The monoisotopic (exact) mass is 388 g/mol. The van der Waals surface area contributed by atoms with Crippen LogP contribution in [-0.2, 0) is 18.9 Å². The summed E-state index contributed by atoms with van der Waals surface area (Å²) in [6.45, 7) is 0.933. The number of hydrogen-bond acceptors (Lipinski definition) is 6. The molecule has 1 aliphatic rings. The highest BCUT2D eigenvalue weighted by Gasteiger charge is 2.58.